The van der Waals surface area contributed by atoms with Crippen molar-refractivity contribution in [2.75, 3.05) is 6.61 Å². The van der Waals surface area contributed by atoms with Gasteiger partial charge < -0.3 is 4.74 Å². The van der Waals surface area contributed by atoms with Gasteiger partial charge in [-0.15, -0.1) is 11.3 Å². The van der Waals surface area contributed by atoms with Gasteiger partial charge in [-0.2, -0.15) is 0 Å². The average molecular weight is 307 g/mol. The topological polar surface area (TPSA) is 32.2 Å². The van der Waals surface area contributed by atoms with E-state index in [0.29, 0.717) is 28.4 Å². The Labute approximate surface area is 125 Å². The SMILES string of the molecule is CCCOc1ccc(Cl)c2c1sc1ccccc1[n+]2=O. The molecule has 0 saturated heterocycles. The fourth-order valence-electron chi connectivity index (χ4n) is 2.08. The lowest BCUT2D eigenvalue weighted by Gasteiger charge is -2.06. The molecule has 1 aromatic heterocycles. The highest BCUT2D eigenvalue weighted by Gasteiger charge is 2.20. The summed E-state index contributed by atoms with van der Waals surface area (Å²) in [4.78, 5) is 12.5. The highest BCUT2D eigenvalue weighted by Crippen LogP contribution is 2.35. The Balaban J connectivity index is 2.40. The third-order valence-corrected chi connectivity index (χ3v) is 4.48. The van der Waals surface area contributed by atoms with Crippen LogP contribution in [0.5, 0.6) is 5.75 Å². The number of benzene rings is 2. The molecule has 1 heterocycles. The van der Waals surface area contributed by atoms with E-state index in [0.717, 1.165) is 20.2 Å². The number of ether oxygens (including phenoxy) is 1. The Morgan fingerprint density at radius 1 is 1.25 bits per heavy atom. The molecule has 0 unspecified atom stereocenters. The summed E-state index contributed by atoms with van der Waals surface area (Å²) in [6.07, 6.45) is 0.916. The second-order valence-corrected chi connectivity index (χ2v) is 5.90. The maximum absolute atomic E-state index is 12.5. The van der Waals surface area contributed by atoms with Gasteiger partial charge in [-0.25, -0.2) is 0 Å². The van der Waals surface area contributed by atoms with Gasteiger partial charge in [0.1, 0.15) is 20.2 Å². The Hall–Kier alpha value is -1.65. The van der Waals surface area contributed by atoms with Crippen LogP contribution in [0.2, 0.25) is 5.02 Å². The maximum Gasteiger partial charge on any atom is 0.302 e. The predicted octanol–water partition coefficient (Wildman–Crippen LogP) is 4.41. The van der Waals surface area contributed by atoms with Crippen molar-refractivity contribution in [3.63, 3.8) is 0 Å². The van der Waals surface area contributed by atoms with Crippen LogP contribution in [0.1, 0.15) is 13.3 Å². The lowest BCUT2D eigenvalue weighted by molar-refractivity contribution is -0.431. The van der Waals surface area contributed by atoms with E-state index in [-0.39, 0.29) is 0 Å². The molecular weight excluding hydrogens is 294 g/mol. The highest BCUT2D eigenvalue weighted by molar-refractivity contribution is 7.24. The molecule has 5 heteroatoms. The van der Waals surface area contributed by atoms with Crippen LogP contribution in [0.3, 0.4) is 0 Å². The molecule has 3 aromatic rings. The molecule has 0 atom stereocenters. The van der Waals surface area contributed by atoms with Crippen molar-refractivity contribution in [3.8, 4) is 5.75 Å². The highest BCUT2D eigenvalue weighted by atomic mass is 35.5. The Kier molecular flexibility index (Phi) is 3.59. The molecule has 20 heavy (non-hydrogen) atoms. The fraction of sp³-hybridized carbons (Fsp3) is 0.200. The van der Waals surface area contributed by atoms with Crippen molar-refractivity contribution in [3.05, 3.63) is 46.3 Å². The number of nitrogens with zero attached hydrogens (tertiary/aromatic N) is 1. The number of hydrogen-bond acceptors (Lipinski definition) is 3. The number of aromatic nitrogens is 1. The number of hydrogen-bond donors (Lipinski definition) is 0. The number of fused-ring (bicyclic) bond motifs is 2. The first kappa shape index (κ1) is 13.3. The number of halogens is 1. The predicted molar refractivity (Wildman–Crippen MR) is 83.5 cm³/mol. The smallest absolute Gasteiger partial charge is 0.302 e. The van der Waals surface area contributed by atoms with E-state index in [1.54, 1.807) is 12.1 Å². The minimum atomic E-state index is 0.445. The van der Waals surface area contributed by atoms with Gasteiger partial charge in [0.25, 0.3) is 5.52 Å². The van der Waals surface area contributed by atoms with Crippen molar-refractivity contribution in [1.29, 1.82) is 0 Å². The van der Waals surface area contributed by atoms with Gasteiger partial charge in [0.2, 0.25) is 0 Å². The summed E-state index contributed by atoms with van der Waals surface area (Å²) < 4.78 is 8.32. The van der Waals surface area contributed by atoms with E-state index in [1.807, 2.05) is 31.2 Å². The van der Waals surface area contributed by atoms with Crippen molar-refractivity contribution in [2.45, 2.75) is 13.3 Å². The Morgan fingerprint density at radius 3 is 2.85 bits per heavy atom. The molecule has 0 aliphatic heterocycles. The summed E-state index contributed by atoms with van der Waals surface area (Å²) >= 11 is 7.73. The molecule has 102 valence electrons. The van der Waals surface area contributed by atoms with Crippen molar-refractivity contribution in [1.82, 2.24) is 0 Å². The quantitative estimate of drug-likeness (QED) is 0.530. The summed E-state index contributed by atoms with van der Waals surface area (Å²) in [5, 5.41) is 0.445. The van der Waals surface area contributed by atoms with Gasteiger partial charge in [-0.3, -0.25) is 0 Å². The van der Waals surface area contributed by atoms with E-state index in [4.69, 9.17) is 16.3 Å². The lowest BCUT2D eigenvalue weighted by Crippen LogP contribution is -2.16. The van der Waals surface area contributed by atoms with Gasteiger partial charge in [0.05, 0.1) is 11.0 Å². The number of rotatable bonds is 3. The summed E-state index contributed by atoms with van der Waals surface area (Å²) in [5.74, 6) is 0.714. The molecule has 0 amide bonds. The zero-order valence-corrected chi connectivity index (χ0v) is 12.5. The van der Waals surface area contributed by atoms with Gasteiger partial charge in [-0.05, 0) is 24.6 Å². The molecular formula is C15H13ClNO2S+. The third-order valence-electron chi connectivity index (χ3n) is 3.01. The van der Waals surface area contributed by atoms with Gasteiger partial charge >= 0.3 is 5.52 Å². The van der Waals surface area contributed by atoms with E-state index in [9.17, 15) is 4.91 Å². The van der Waals surface area contributed by atoms with Crippen LogP contribution in [-0.4, -0.2) is 6.61 Å². The number of para-hydroxylation sites is 1. The van der Waals surface area contributed by atoms with E-state index >= 15 is 0 Å². The molecule has 3 nitrogen and oxygen atoms in total. The molecule has 0 fully saturated rings. The van der Waals surface area contributed by atoms with Gasteiger partial charge in [-0.1, -0.05) is 30.7 Å². The van der Waals surface area contributed by atoms with Crippen LogP contribution < -0.4 is 9.16 Å². The maximum atomic E-state index is 12.5. The summed E-state index contributed by atoms with van der Waals surface area (Å²) in [5.41, 5.74) is 1.10. The summed E-state index contributed by atoms with van der Waals surface area (Å²) in [6, 6.07) is 11.0. The average Bonchev–Trinajstić information content (AvgIpc) is 2.47. The van der Waals surface area contributed by atoms with Crippen molar-refractivity contribution >= 4 is 43.4 Å². The Morgan fingerprint density at radius 2 is 2.05 bits per heavy atom. The molecule has 0 N–H and O–H groups in total. The van der Waals surface area contributed by atoms with Crippen LogP contribution in [0.15, 0.2) is 36.4 Å². The van der Waals surface area contributed by atoms with Crippen molar-refractivity contribution < 1.29 is 9.16 Å². The summed E-state index contributed by atoms with van der Waals surface area (Å²) in [6.45, 7) is 2.67. The van der Waals surface area contributed by atoms with Crippen LogP contribution in [0.4, 0.5) is 0 Å². The molecule has 0 radical (unpaired) electrons. The lowest BCUT2D eigenvalue weighted by atomic mass is 10.3. The first-order chi connectivity index (χ1) is 9.72. The second-order valence-electron chi connectivity index (χ2n) is 4.44. The second kappa shape index (κ2) is 5.38. The Bertz CT molecular complexity index is 844. The molecule has 0 bridgehead atoms. The largest absolute Gasteiger partial charge is 0.492 e. The first-order valence-electron chi connectivity index (χ1n) is 6.41. The molecule has 0 aliphatic rings. The first-order valence-corrected chi connectivity index (χ1v) is 7.61. The van der Waals surface area contributed by atoms with E-state index in [1.165, 1.54) is 11.3 Å². The summed E-state index contributed by atoms with van der Waals surface area (Å²) in [7, 11) is 0. The normalized spacial score (nSPS) is 11.1. The molecule has 3 rings (SSSR count). The van der Waals surface area contributed by atoms with E-state index in [2.05, 4.69) is 0 Å². The third kappa shape index (κ3) is 2.15. The van der Waals surface area contributed by atoms with Crippen LogP contribution in [-0.2, 0) is 0 Å². The molecule has 0 spiro atoms. The van der Waals surface area contributed by atoms with Gasteiger partial charge in [0.15, 0.2) is 0 Å². The monoisotopic (exact) mass is 306 g/mol. The minimum Gasteiger partial charge on any atom is -0.492 e. The van der Waals surface area contributed by atoms with Crippen LogP contribution >= 0.6 is 22.9 Å². The zero-order chi connectivity index (χ0) is 14.1. The van der Waals surface area contributed by atoms with Gasteiger partial charge in [0, 0.05) is 11.0 Å². The molecule has 0 aliphatic carbocycles. The van der Waals surface area contributed by atoms with E-state index < -0.39 is 0 Å². The standard InChI is InChI=1S/C15H13ClNO2S/c1-2-9-19-12-8-7-10(16)14-15(12)20-13-6-4-3-5-11(13)17(14)18/h3-8H,2,9H2,1H3/q+1. The van der Waals surface area contributed by atoms with Crippen molar-refractivity contribution in [2.24, 2.45) is 0 Å². The van der Waals surface area contributed by atoms with Crippen LogP contribution in [0, 0.1) is 4.91 Å². The fourth-order valence-corrected chi connectivity index (χ4v) is 3.51. The zero-order valence-electron chi connectivity index (χ0n) is 10.9. The molecule has 0 saturated carbocycles. The molecule has 2 aromatic carbocycles. The van der Waals surface area contributed by atoms with Crippen LogP contribution in [0.25, 0.3) is 20.4 Å². The minimum absolute atomic E-state index is 0.445.